The van der Waals surface area contributed by atoms with E-state index >= 15 is 0 Å². The molecule has 0 aromatic heterocycles. The van der Waals surface area contributed by atoms with Gasteiger partial charge in [-0.3, -0.25) is 14.4 Å². The lowest BCUT2D eigenvalue weighted by atomic mass is 9.93. The average Bonchev–Trinajstić information content (AvgIpc) is 2.85. The first-order chi connectivity index (χ1) is 17.0. The Morgan fingerprint density at radius 1 is 0.889 bits per heavy atom. The van der Waals surface area contributed by atoms with E-state index in [0.29, 0.717) is 12.0 Å². The molecule has 2 atom stereocenters. The van der Waals surface area contributed by atoms with Gasteiger partial charge in [-0.1, -0.05) is 61.5 Å². The van der Waals surface area contributed by atoms with Crippen LogP contribution in [-0.4, -0.2) is 34.5 Å². The summed E-state index contributed by atoms with van der Waals surface area (Å²) in [5.74, 6) is -3.20. The minimum atomic E-state index is -1.06. The van der Waals surface area contributed by atoms with Gasteiger partial charge in [-0.15, -0.1) is 0 Å². The Hall–Kier alpha value is -4.00. The predicted octanol–water partition coefficient (Wildman–Crippen LogP) is 4.84. The Labute approximate surface area is 210 Å². The van der Waals surface area contributed by atoms with E-state index in [9.17, 15) is 23.9 Å². The SMILES string of the molecule is C[C@@H](C[C@H](NC(=O)c1ccc(-c2ccccc2)cc1)C(=O)NC(C)(C)Cc1ccc(F)cc1)C(=O)O. The number of carbonyl (C=O) groups excluding carboxylic acids is 2. The van der Waals surface area contributed by atoms with Crippen molar-refractivity contribution in [3.63, 3.8) is 0 Å². The molecule has 7 heteroatoms. The molecular weight excluding hydrogens is 459 g/mol. The lowest BCUT2D eigenvalue weighted by Gasteiger charge is -2.30. The van der Waals surface area contributed by atoms with Crippen molar-refractivity contribution in [3.05, 3.63) is 95.8 Å². The van der Waals surface area contributed by atoms with Crippen molar-refractivity contribution in [2.75, 3.05) is 0 Å². The molecular formula is C29H31FN2O4. The van der Waals surface area contributed by atoms with Crippen molar-refractivity contribution in [2.45, 2.75) is 45.2 Å². The summed E-state index contributed by atoms with van der Waals surface area (Å²) in [5, 5.41) is 15.0. The highest BCUT2D eigenvalue weighted by molar-refractivity contribution is 5.98. The van der Waals surface area contributed by atoms with Crippen LogP contribution in [0.5, 0.6) is 0 Å². The number of aliphatic carboxylic acids is 1. The van der Waals surface area contributed by atoms with Gasteiger partial charge in [-0.2, -0.15) is 0 Å². The smallest absolute Gasteiger partial charge is 0.306 e. The van der Waals surface area contributed by atoms with Crippen LogP contribution in [0.2, 0.25) is 0 Å². The fourth-order valence-corrected chi connectivity index (χ4v) is 3.95. The van der Waals surface area contributed by atoms with Gasteiger partial charge in [-0.25, -0.2) is 4.39 Å². The van der Waals surface area contributed by atoms with Crippen LogP contribution in [0.3, 0.4) is 0 Å². The molecule has 0 aliphatic heterocycles. The van der Waals surface area contributed by atoms with Gasteiger partial charge in [0.15, 0.2) is 0 Å². The Bertz CT molecular complexity index is 1190. The topological polar surface area (TPSA) is 95.5 Å². The molecule has 0 heterocycles. The maximum Gasteiger partial charge on any atom is 0.306 e. The molecule has 0 saturated heterocycles. The Morgan fingerprint density at radius 2 is 1.47 bits per heavy atom. The molecule has 3 aromatic rings. The van der Waals surface area contributed by atoms with E-state index < -0.39 is 35.3 Å². The van der Waals surface area contributed by atoms with E-state index in [4.69, 9.17) is 0 Å². The van der Waals surface area contributed by atoms with Crippen LogP contribution in [-0.2, 0) is 16.0 Å². The first-order valence-electron chi connectivity index (χ1n) is 11.8. The first kappa shape index (κ1) is 26.6. The van der Waals surface area contributed by atoms with E-state index in [-0.39, 0.29) is 12.2 Å². The molecule has 0 unspecified atom stereocenters. The summed E-state index contributed by atoms with van der Waals surface area (Å²) in [7, 11) is 0. The highest BCUT2D eigenvalue weighted by Gasteiger charge is 2.30. The van der Waals surface area contributed by atoms with Crippen molar-refractivity contribution in [2.24, 2.45) is 5.92 Å². The fourth-order valence-electron chi connectivity index (χ4n) is 3.95. The number of hydrogen-bond donors (Lipinski definition) is 3. The van der Waals surface area contributed by atoms with Gasteiger partial charge in [0, 0.05) is 11.1 Å². The quantitative estimate of drug-likeness (QED) is 0.379. The van der Waals surface area contributed by atoms with E-state index in [1.165, 1.54) is 19.1 Å². The number of halogens is 1. The highest BCUT2D eigenvalue weighted by Crippen LogP contribution is 2.20. The van der Waals surface area contributed by atoms with Crippen LogP contribution >= 0.6 is 0 Å². The zero-order valence-electron chi connectivity index (χ0n) is 20.6. The second kappa shape index (κ2) is 11.6. The number of carboxylic acid groups (broad SMARTS) is 1. The van der Waals surface area contributed by atoms with Gasteiger partial charge in [0.2, 0.25) is 5.91 Å². The number of benzene rings is 3. The van der Waals surface area contributed by atoms with E-state index in [1.807, 2.05) is 56.3 Å². The predicted molar refractivity (Wildman–Crippen MR) is 137 cm³/mol. The van der Waals surface area contributed by atoms with Gasteiger partial charge < -0.3 is 15.7 Å². The number of carbonyl (C=O) groups is 3. The summed E-state index contributed by atoms with van der Waals surface area (Å²) < 4.78 is 13.2. The average molecular weight is 491 g/mol. The van der Waals surface area contributed by atoms with Crippen LogP contribution in [0.4, 0.5) is 4.39 Å². The van der Waals surface area contributed by atoms with Crippen LogP contribution in [0.1, 0.15) is 43.1 Å². The number of carboxylic acids is 1. The molecule has 3 aromatic carbocycles. The third-order valence-corrected chi connectivity index (χ3v) is 5.91. The Kier molecular flexibility index (Phi) is 8.59. The van der Waals surface area contributed by atoms with Crippen molar-refractivity contribution < 1.29 is 23.9 Å². The fraction of sp³-hybridized carbons (Fsp3) is 0.276. The molecule has 0 aliphatic carbocycles. The summed E-state index contributed by atoms with van der Waals surface area (Å²) in [6.45, 7) is 5.12. The number of hydrogen-bond acceptors (Lipinski definition) is 3. The molecule has 3 rings (SSSR count). The van der Waals surface area contributed by atoms with Crippen LogP contribution < -0.4 is 10.6 Å². The summed E-state index contributed by atoms with van der Waals surface area (Å²) in [6, 6.07) is 21.7. The zero-order valence-corrected chi connectivity index (χ0v) is 20.6. The monoisotopic (exact) mass is 490 g/mol. The second-order valence-corrected chi connectivity index (χ2v) is 9.62. The summed E-state index contributed by atoms with van der Waals surface area (Å²) in [5.41, 5.74) is 2.44. The maximum atomic E-state index is 13.2. The number of nitrogens with one attached hydrogen (secondary N) is 2. The van der Waals surface area contributed by atoms with E-state index in [1.54, 1.807) is 24.3 Å². The molecule has 0 saturated carbocycles. The standard InChI is InChI=1S/C29H31FN2O4/c1-19(28(35)36)17-25(27(34)32-29(2,3)18-20-9-15-24(30)16-10-20)31-26(33)23-13-11-22(12-14-23)21-7-5-4-6-8-21/h4-16,19,25H,17-18H2,1-3H3,(H,31,33)(H,32,34)(H,35,36)/t19-,25-/m0/s1. The Morgan fingerprint density at radius 3 is 2.06 bits per heavy atom. The Balaban J connectivity index is 1.72. The van der Waals surface area contributed by atoms with Crippen molar-refractivity contribution in [3.8, 4) is 11.1 Å². The van der Waals surface area contributed by atoms with E-state index in [2.05, 4.69) is 10.6 Å². The summed E-state index contributed by atoms with van der Waals surface area (Å²) in [6.07, 6.45) is 0.358. The summed E-state index contributed by atoms with van der Waals surface area (Å²) in [4.78, 5) is 37.6. The van der Waals surface area contributed by atoms with E-state index in [0.717, 1.165) is 16.7 Å². The molecule has 0 bridgehead atoms. The molecule has 3 N–H and O–H groups in total. The molecule has 6 nitrogen and oxygen atoms in total. The van der Waals surface area contributed by atoms with Crippen LogP contribution in [0, 0.1) is 11.7 Å². The molecule has 0 fully saturated rings. The lowest BCUT2D eigenvalue weighted by Crippen LogP contribution is -2.54. The van der Waals surface area contributed by atoms with Gasteiger partial charge in [0.25, 0.3) is 5.91 Å². The van der Waals surface area contributed by atoms with Gasteiger partial charge >= 0.3 is 5.97 Å². The minimum Gasteiger partial charge on any atom is -0.481 e. The van der Waals surface area contributed by atoms with Crippen molar-refractivity contribution in [1.82, 2.24) is 10.6 Å². The molecule has 188 valence electrons. The molecule has 36 heavy (non-hydrogen) atoms. The normalized spacial score (nSPS) is 12.9. The zero-order chi connectivity index (χ0) is 26.3. The molecule has 0 spiro atoms. The van der Waals surface area contributed by atoms with Gasteiger partial charge in [0.1, 0.15) is 11.9 Å². The lowest BCUT2D eigenvalue weighted by molar-refractivity contribution is -0.141. The maximum absolute atomic E-state index is 13.2. The molecule has 2 amide bonds. The second-order valence-electron chi connectivity index (χ2n) is 9.62. The largest absolute Gasteiger partial charge is 0.481 e. The molecule has 0 radical (unpaired) electrons. The van der Waals surface area contributed by atoms with Gasteiger partial charge in [-0.05, 0) is 67.6 Å². The highest BCUT2D eigenvalue weighted by atomic mass is 19.1. The van der Waals surface area contributed by atoms with Gasteiger partial charge in [0.05, 0.1) is 5.92 Å². The first-order valence-corrected chi connectivity index (χ1v) is 11.8. The third-order valence-electron chi connectivity index (χ3n) is 5.91. The summed E-state index contributed by atoms with van der Waals surface area (Å²) >= 11 is 0. The molecule has 0 aliphatic rings. The van der Waals surface area contributed by atoms with Crippen LogP contribution in [0.25, 0.3) is 11.1 Å². The number of rotatable bonds is 10. The van der Waals surface area contributed by atoms with Crippen molar-refractivity contribution in [1.29, 1.82) is 0 Å². The number of amides is 2. The van der Waals surface area contributed by atoms with Crippen LogP contribution in [0.15, 0.2) is 78.9 Å². The third kappa shape index (κ3) is 7.50. The van der Waals surface area contributed by atoms with Crippen molar-refractivity contribution >= 4 is 17.8 Å². The minimum absolute atomic E-state index is 0.0678.